The number of rotatable bonds is 6. The van der Waals surface area contributed by atoms with E-state index in [1.54, 1.807) is 36.4 Å². The molecule has 0 fully saturated rings. The summed E-state index contributed by atoms with van der Waals surface area (Å²) in [7, 11) is 0. The first-order chi connectivity index (χ1) is 15.2. The third kappa shape index (κ3) is 7.08. The standard InChI is InChI=1S/C22H21N5O3S2/c1-22(2,3)30-18(28)16-8-4-7-15(10-16)13-31-21-27-26-20(32-21)25-19(29)24-17-9-5-6-14(11-17)12-23/h4-11H,13H2,1-3H3,(H2,24,25,26,29). The Morgan fingerprint density at radius 2 is 1.91 bits per heavy atom. The summed E-state index contributed by atoms with van der Waals surface area (Å²) < 4.78 is 6.08. The summed E-state index contributed by atoms with van der Waals surface area (Å²) in [6.45, 7) is 5.49. The van der Waals surface area contributed by atoms with Crippen molar-refractivity contribution in [3.63, 3.8) is 0 Å². The maximum Gasteiger partial charge on any atom is 0.338 e. The molecule has 1 aromatic heterocycles. The number of carbonyl (C=O) groups excluding carboxylic acids is 2. The lowest BCUT2D eigenvalue weighted by atomic mass is 10.1. The third-order valence-electron chi connectivity index (χ3n) is 3.80. The van der Waals surface area contributed by atoms with Crippen LogP contribution in [0.5, 0.6) is 0 Å². The van der Waals surface area contributed by atoms with Gasteiger partial charge in [-0.15, -0.1) is 10.2 Å². The van der Waals surface area contributed by atoms with Crippen molar-refractivity contribution in [2.45, 2.75) is 36.5 Å². The van der Waals surface area contributed by atoms with E-state index in [1.807, 2.05) is 39.0 Å². The monoisotopic (exact) mass is 467 g/mol. The van der Waals surface area contributed by atoms with E-state index in [9.17, 15) is 9.59 Å². The molecule has 3 rings (SSSR count). The molecule has 0 saturated heterocycles. The fraction of sp³-hybridized carbons (Fsp3) is 0.227. The average molecular weight is 468 g/mol. The Labute approximate surface area is 194 Å². The van der Waals surface area contributed by atoms with Crippen LogP contribution in [0.25, 0.3) is 0 Å². The SMILES string of the molecule is CC(C)(C)OC(=O)c1cccc(CSc2nnc(NC(=O)Nc3cccc(C#N)c3)s2)c1. The van der Waals surface area contributed by atoms with Crippen molar-refractivity contribution in [2.24, 2.45) is 0 Å². The number of nitrogens with zero attached hydrogens (tertiary/aromatic N) is 3. The van der Waals surface area contributed by atoms with Gasteiger partial charge in [-0.25, -0.2) is 9.59 Å². The fourth-order valence-electron chi connectivity index (χ4n) is 2.51. The smallest absolute Gasteiger partial charge is 0.338 e. The van der Waals surface area contributed by atoms with Crippen molar-refractivity contribution in [1.29, 1.82) is 5.26 Å². The number of carbonyl (C=O) groups is 2. The Morgan fingerprint density at radius 1 is 1.12 bits per heavy atom. The normalized spacial score (nSPS) is 10.8. The second-order valence-electron chi connectivity index (χ2n) is 7.64. The van der Waals surface area contributed by atoms with Crippen LogP contribution in [0.3, 0.4) is 0 Å². The summed E-state index contributed by atoms with van der Waals surface area (Å²) in [5, 5.41) is 22.6. The zero-order valence-electron chi connectivity index (χ0n) is 17.7. The van der Waals surface area contributed by atoms with Crippen LogP contribution in [-0.4, -0.2) is 27.8 Å². The molecule has 32 heavy (non-hydrogen) atoms. The van der Waals surface area contributed by atoms with Gasteiger partial charge in [0.25, 0.3) is 0 Å². The van der Waals surface area contributed by atoms with Gasteiger partial charge in [-0.05, 0) is 56.7 Å². The summed E-state index contributed by atoms with van der Waals surface area (Å²) in [5.74, 6) is 0.219. The van der Waals surface area contributed by atoms with Gasteiger partial charge in [0.1, 0.15) is 5.60 Å². The minimum absolute atomic E-state index is 0.351. The van der Waals surface area contributed by atoms with Crippen LogP contribution >= 0.6 is 23.1 Å². The molecule has 0 bridgehead atoms. The molecule has 0 saturated carbocycles. The highest BCUT2D eigenvalue weighted by atomic mass is 32.2. The Kier molecular flexibility index (Phi) is 7.45. The summed E-state index contributed by atoms with van der Waals surface area (Å²) in [6, 6.07) is 15.4. The van der Waals surface area contributed by atoms with Crippen molar-refractivity contribution in [1.82, 2.24) is 10.2 Å². The largest absolute Gasteiger partial charge is 0.456 e. The van der Waals surface area contributed by atoms with Crippen LogP contribution in [-0.2, 0) is 10.5 Å². The molecule has 2 aromatic carbocycles. The van der Waals surface area contributed by atoms with Crippen molar-refractivity contribution >= 4 is 45.9 Å². The van der Waals surface area contributed by atoms with E-state index in [0.717, 1.165) is 5.56 Å². The van der Waals surface area contributed by atoms with Crippen LogP contribution in [0.15, 0.2) is 52.9 Å². The number of nitrogens with one attached hydrogen (secondary N) is 2. The lowest BCUT2D eigenvalue weighted by Crippen LogP contribution is -2.23. The molecular weight excluding hydrogens is 446 g/mol. The summed E-state index contributed by atoms with van der Waals surface area (Å²) in [5.41, 5.74) is 1.84. The summed E-state index contributed by atoms with van der Waals surface area (Å²) in [6.07, 6.45) is 0. The number of esters is 1. The number of nitriles is 1. The van der Waals surface area contributed by atoms with E-state index in [1.165, 1.54) is 23.1 Å². The van der Waals surface area contributed by atoms with Crippen LogP contribution in [0, 0.1) is 11.3 Å². The molecule has 0 unspecified atom stereocenters. The van der Waals surface area contributed by atoms with Gasteiger partial charge < -0.3 is 10.1 Å². The highest BCUT2D eigenvalue weighted by Gasteiger charge is 2.18. The second-order valence-corrected chi connectivity index (χ2v) is 9.84. The molecule has 0 atom stereocenters. The maximum atomic E-state index is 12.2. The van der Waals surface area contributed by atoms with E-state index in [4.69, 9.17) is 10.00 Å². The number of thioether (sulfide) groups is 1. The zero-order chi connectivity index (χ0) is 23.1. The number of hydrogen-bond donors (Lipinski definition) is 2. The molecule has 0 radical (unpaired) electrons. The van der Waals surface area contributed by atoms with Crippen molar-refractivity contribution in [3.8, 4) is 6.07 Å². The maximum absolute atomic E-state index is 12.2. The van der Waals surface area contributed by atoms with E-state index in [2.05, 4.69) is 20.8 Å². The molecular formula is C22H21N5O3S2. The zero-order valence-corrected chi connectivity index (χ0v) is 19.3. The molecule has 0 aliphatic carbocycles. The first-order valence-electron chi connectivity index (χ1n) is 9.58. The molecule has 0 aliphatic rings. The third-order valence-corrected chi connectivity index (χ3v) is 5.84. The number of ether oxygens (including phenoxy) is 1. The Bertz CT molecular complexity index is 1160. The first-order valence-corrected chi connectivity index (χ1v) is 11.4. The van der Waals surface area contributed by atoms with E-state index in [0.29, 0.717) is 32.0 Å². The highest BCUT2D eigenvalue weighted by molar-refractivity contribution is 8.00. The molecule has 3 aromatic rings. The van der Waals surface area contributed by atoms with Gasteiger partial charge in [0.2, 0.25) is 5.13 Å². The predicted octanol–water partition coefficient (Wildman–Crippen LogP) is 5.30. The Morgan fingerprint density at radius 3 is 2.66 bits per heavy atom. The molecule has 10 heteroatoms. The van der Waals surface area contributed by atoms with Crippen molar-refractivity contribution in [3.05, 3.63) is 65.2 Å². The van der Waals surface area contributed by atoms with Gasteiger partial charge in [0, 0.05) is 11.4 Å². The van der Waals surface area contributed by atoms with Gasteiger partial charge in [-0.3, -0.25) is 5.32 Å². The first kappa shape index (κ1) is 23.2. The minimum Gasteiger partial charge on any atom is -0.456 e. The van der Waals surface area contributed by atoms with E-state index in [-0.39, 0.29) is 5.97 Å². The molecule has 0 spiro atoms. The van der Waals surface area contributed by atoms with E-state index >= 15 is 0 Å². The van der Waals surface area contributed by atoms with Crippen molar-refractivity contribution in [2.75, 3.05) is 10.6 Å². The van der Waals surface area contributed by atoms with Gasteiger partial charge in [-0.1, -0.05) is 41.3 Å². The molecule has 2 amide bonds. The fourth-order valence-corrected chi connectivity index (χ4v) is 4.20. The number of aromatic nitrogens is 2. The quantitative estimate of drug-likeness (QED) is 0.287. The number of benzene rings is 2. The van der Waals surface area contributed by atoms with Crippen LogP contribution in [0.1, 0.15) is 42.3 Å². The molecule has 1 heterocycles. The van der Waals surface area contributed by atoms with Crippen molar-refractivity contribution < 1.29 is 14.3 Å². The van der Waals surface area contributed by atoms with Gasteiger partial charge in [-0.2, -0.15) is 5.26 Å². The minimum atomic E-state index is -0.553. The summed E-state index contributed by atoms with van der Waals surface area (Å²) in [4.78, 5) is 24.4. The topological polar surface area (TPSA) is 117 Å². The summed E-state index contributed by atoms with van der Waals surface area (Å²) >= 11 is 2.69. The van der Waals surface area contributed by atoms with Gasteiger partial charge >= 0.3 is 12.0 Å². The highest BCUT2D eigenvalue weighted by Crippen LogP contribution is 2.29. The van der Waals surface area contributed by atoms with Crippen LogP contribution < -0.4 is 10.6 Å². The molecule has 2 N–H and O–H groups in total. The lowest BCUT2D eigenvalue weighted by molar-refractivity contribution is 0.00694. The molecule has 8 nitrogen and oxygen atoms in total. The van der Waals surface area contributed by atoms with Crippen LogP contribution in [0.4, 0.5) is 15.6 Å². The number of amides is 2. The average Bonchev–Trinajstić information content (AvgIpc) is 3.18. The molecule has 0 aliphatic heterocycles. The van der Waals surface area contributed by atoms with E-state index < -0.39 is 11.6 Å². The molecule has 164 valence electrons. The lowest BCUT2D eigenvalue weighted by Gasteiger charge is -2.19. The van der Waals surface area contributed by atoms with Gasteiger partial charge in [0.05, 0.1) is 17.2 Å². The van der Waals surface area contributed by atoms with Crippen LogP contribution in [0.2, 0.25) is 0 Å². The number of anilines is 2. The number of urea groups is 1. The number of hydrogen-bond acceptors (Lipinski definition) is 8. The Hall–Kier alpha value is -3.42. The Balaban J connectivity index is 1.54. The predicted molar refractivity (Wildman–Crippen MR) is 125 cm³/mol. The van der Waals surface area contributed by atoms with Gasteiger partial charge in [0.15, 0.2) is 4.34 Å². The second kappa shape index (κ2) is 10.3.